The summed E-state index contributed by atoms with van der Waals surface area (Å²) >= 11 is 0. The summed E-state index contributed by atoms with van der Waals surface area (Å²) < 4.78 is 9.36. The first-order valence-electron chi connectivity index (χ1n) is 18.4. The zero-order valence-electron chi connectivity index (χ0n) is 29.6. The molecule has 8 aromatic carbocycles. The monoisotopic (exact) mass is 691 g/mol. The average Bonchev–Trinajstić information content (AvgIpc) is 3.68. The minimum absolute atomic E-state index is 0.649. The Morgan fingerprint density at radius 2 is 1.11 bits per heavy atom. The Kier molecular flexibility index (Phi) is 6.80. The zero-order chi connectivity index (χ0) is 35.8. The van der Waals surface area contributed by atoms with Gasteiger partial charge in [-0.15, -0.1) is 0 Å². The molecule has 0 saturated carbocycles. The third-order valence-corrected chi connectivity index (χ3v) is 10.9. The van der Waals surface area contributed by atoms with E-state index in [-0.39, 0.29) is 0 Å². The third kappa shape index (κ3) is 4.84. The van der Waals surface area contributed by atoms with Crippen LogP contribution in [0.2, 0.25) is 0 Å². The van der Waals surface area contributed by atoms with E-state index in [1.54, 1.807) is 0 Å². The van der Waals surface area contributed by atoms with Crippen molar-refractivity contribution in [2.45, 2.75) is 13.3 Å². The van der Waals surface area contributed by atoms with Crippen molar-refractivity contribution < 1.29 is 4.42 Å². The highest BCUT2D eigenvalue weighted by Crippen LogP contribution is 2.42. The molecule has 0 spiro atoms. The van der Waals surface area contributed by atoms with Crippen molar-refractivity contribution in [2.24, 2.45) is 9.98 Å². The fraction of sp³-hybridized carbons (Fsp3) is 0.0400. The van der Waals surface area contributed by atoms with E-state index in [0.29, 0.717) is 12.3 Å². The number of allylic oxidation sites excluding steroid dienone is 1. The molecule has 2 aromatic heterocycles. The van der Waals surface area contributed by atoms with Crippen molar-refractivity contribution in [3.8, 4) is 5.69 Å². The molecule has 0 fully saturated rings. The van der Waals surface area contributed by atoms with Gasteiger partial charge in [0.15, 0.2) is 5.84 Å². The Morgan fingerprint density at radius 3 is 1.85 bits per heavy atom. The molecule has 0 aliphatic carbocycles. The van der Waals surface area contributed by atoms with Crippen molar-refractivity contribution in [1.29, 1.82) is 0 Å². The van der Waals surface area contributed by atoms with E-state index >= 15 is 0 Å². The lowest BCUT2D eigenvalue weighted by molar-refractivity contribution is 0.668. The van der Waals surface area contributed by atoms with Gasteiger partial charge in [-0.05, 0) is 82.1 Å². The fourth-order valence-corrected chi connectivity index (χ4v) is 8.32. The van der Waals surface area contributed by atoms with Gasteiger partial charge in [-0.1, -0.05) is 127 Å². The second-order valence-corrected chi connectivity index (χ2v) is 14.3. The maximum atomic E-state index is 6.94. The standard InChI is InChI=1S/C50H33N3O/c1-31-24-44(32-14-4-2-5-15-32)51-50(33-16-6-3-7-17-33)52-48(31)43-30-38(29-42-41-26-35-19-9-11-21-37(35)28-47(41)54-49(42)43)53-45-23-13-12-22-39(45)40-25-34-18-8-10-20-36(34)27-46(40)53/h2-23,25-30H,24H2,1H3. The predicted octanol–water partition coefficient (Wildman–Crippen LogP) is 13.1. The summed E-state index contributed by atoms with van der Waals surface area (Å²) in [6.07, 6.45) is 0.649. The summed E-state index contributed by atoms with van der Waals surface area (Å²) in [5, 5.41) is 9.35. The predicted molar refractivity (Wildman–Crippen MR) is 226 cm³/mol. The normalized spacial score (nSPS) is 13.7. The number of amidine groups is 1. The van der Waals surface area contributed by atoms with E-state index < -0.39 is 0 Å². The van der Waals surface area contributed by atoms with Gasteiger partial charge in [0.2, 0.25) is 0 Å². The molecule has 0 radical (unpaired) electrons. The van der Waals surface area contributed by atoms with Crippen molar-refractivity contribution >= 4 is 82.5 Å². The number of hydrogen-bond acceptors (Lipinski definition) is 3. The molecule has 0 unspecified atom stereocenters. The lowest BCUT2D eigenvalue weighted by Crippen LogP contribution is -2.05. The first-order chi connectivity index (χ1) is 26.7. The lowest BCUT2D eigenvalue weighted by Gasteiger charge is -2.14. The molecule has 0 atom stereocenters. The van der Waals surface area contributed by atoms with Crippen LogP contribution in [-0.2, 0) is 0 Å². The largest absolute Gasteiger partial charge is 0.455 e. The van der Waals surface area contributed by atoms with Crippen LogP contribution >= 0.6 is 0 Å². The van der Waals surface area contributed by atoms with E-state index in [0.717, 1.165) is 77.7 Å². The van der Waals surface area contributed by atoms with E-state index in [4.69, 9.17) is 14.4 Å². The molecule has 54 heavy (non-hydrogen) atoms. The number of fused-ring (bicyclic) bond motifs is 8. The van der Waals surface area contributed by atoms with Crippen molar-refractivity contribution in [1.82, 2.24) is 4.57 Å². The van der Waals surface area contributed by atoms with Gasteiger partial charge in [0.1, 0.15) is 11.2 Å². The van der Waals surface area contributed by atoms with Gasteiger partial charge in [-0.3, -0.25) is 0 Å². The highest BCUT2D eigenvalue weighted by Gasteiger charge is 2.24. The van der Waals surface area contributed by atoms with Crippen molar-refractivity contribution in [2.75, 3.05) is 0 Å². The van der Waals surface area contributed by atoms with Crippen LogP contribution in [0.15, 0.2) is 190 Å². The van der Waals surface area contributed by atoms with Crippen LogP contribution in [0.4, 0.5) is 0 Å². The molecule has 1 aliphatic heterocycles. The van der Waals surface area contributed by atoms with E-state index in [9.17, 15) is 0 Å². The van der Waals surface area contributed by atoms with Crippen LogP contribution in [0.5, 0.6) is 0 Å². The van der Waals surface area contributed by atoms with E-state index in [2.05, 4.69) is 157 Å². The summed E-state index contributed by atoms with van der Waals surface area (Å²) in [4.78, 5) is 10.8. The maximum absolute atomic E-state index is 6.94. The van der Waals surface area contributed by atoms with Gasteiger partial charge < -0.3 is 8.98 Å². The van der Waals surface area contributed by atoms with Crippen LogP contribution in [-0.4, -0.2) is 16.1 Å². The van der Waals surface area contributed by atoms with Gasteiger partial charge in [0.25, 0.3) is 0 Å². The molecule has 3 heterocycles. The van der Waals surface area contributed by atoms with Crippen molar-refractivity contribution in [3.05, 3.63) is 192 Å². The quantitative estimate of drug-likeness (QED) is 0.181. The molecular formula is C50H33N3O. The Balaban J connectivity index is 1.25. The first-order valence-corrected chi connectivity index (χ1v) is 18.4. The number of para-hydroxylation sites is 1. The molecule has 0 N–H and O–H groups in total. The molecule has 0 amide bonds. The summed E-state index contributed by atoms with van der Waals surface area (Å²) in [7, 11) is 0. The second-order valence-electron chi connectivity index (χ2n) is 14.3. The van der Waals surface area contributed by atoms with E-state index in [1.165, 1.54) is 26.9 Å². The number of furan rings is 1. The molecule has 10 aromatic rings. The third-order valence-electron chi connectivity index (χ3n) is 10.9. The van der Waals surface area contributed by atoms with Gasteiger partial charge in [-0.2, -0.15) is 0 Å². The maximum Gasteiger partial charge on any atom is 0.160 e. The highest BCUT2D eigenvalue weighted by atomic mass is 16.3. The Hall–Kier alpha value is -7.04. The van der Waals surface area contributed by atoms with Crippen molar-refractivity contribution in [3.63, 3.8) is 0 Å². The first kappa shape index (κ1) is 30.6. The summed E-state index contributed by atoms with van der Waals surface area (Å²) in [5.74, 6) is 0.685. The molecule has 4 nitrogen and oxygen atoms in total. The number of aliphatic imine (C=N–C) groups is 2. The Labute approximate surface area is 311 Å². The molecular weight excluding hydrogens is 659 g/mol. The number of hydrogen-bond donors (Lipinski definition) is 0. The fourth-order valence-electron chi connectivity index (χ4n) is 8.32. The van der Waals surface area contributed by atoms with Gasteiger partial charge in [0.05, 0.1) is 22.4 Å². The number of nitrogens with zero attached hydrogens (tertiary/aromatic N) is 3. The topological polar surface area (TPSA) is 42.8 Å². The van der Waals surface area contributed by atoms with Crippen LogP contribution in [0, 0.1) is 0 Å². The number of aromatic nitrogens is 1. The van der Waals surface area contributed by atoms with Crippen LogP contribution in [0.3, 0.4) is 0 Å². The molecule has 0 bridgehead atoms. The summed E-state index contributed by atoms with van der Waals surface area (Å²) in [5.41, 5.74) is 11.1. The Morgan fingerprint density at radius 1 is 0.500 bits per heavy atom. The minimum Gasteiger partial charge on any atom is -0.455 e. The number of benzene rings is 8. The van der Waals surface area contributed by atoms with Gasteiger partial charge in [0, 0.05) is 44.8 Å². The van der Waals surface area contributed by atoms with Gasteiger partial charge >= 0.3 is 0 Å². The minimum atomic E-state index is 0.649. The SMILES string of the molecule is CC1=C(c2cc(-n3c4ccccc4c4cc5ccccc5cc43)cc3c2oc2cc4ccccc4cc23)N=C(c2ccccc2)N=C(c2ccccc2)C1. The number of rotatable bonds is 4. The summed E-state index contributed by atoms with van der Waals surface area (Å²) in [6, 6.07) is 60.3. The molecule has 11 rings (SSSR count). The molecule has 254 valence electrons. The van der Waals surface area contributed by atoms with Crippen LogP contribution in [0.1, 0.15) is 30.0 Å². The van der Waals surface area contributed by atoms with Crippen LogP contribution < -0.4 is 0 Å². The summed E-state index contributed by atoms with van der Waals surface area (Å²) in [6.45, 7) is 2.19. The molecule has 4 heteroatoms. The lowest BCUT2D eigenvalue weighted by atomic mass is 9.97. The van der Waals surface area contributed by atoms with E-state index in [1.807, 2.05) is 24.3 Å². The van der Waals surface area contributed by atoms with Gasteiger partial charge in [-0.25, -0.2) is 9.98 Å². The smallest absolute Gasteiger partial charge is 0.160 e. The Bertz CT molecular complexity index is 3230. The second kappa shape index (κ2) is 12.0. The molecule has 0 saturated heterocycles. The zero-order valence-corrected chi connectivity index (χ0v) is 29.6. The average molecular weight is 692 g/mol. The molecule has 1 aliphatic rings. The highest BCUT2D eigenvalue weighted by molar-refractivity contribution is 6.19. The van der Waals surface area contributed by atoms with Crippen LogP contribution in [0.25, 0.3) is 76.7 Å².